The quantitative estimate of drug-likeness (QED) is 0.622. The zero-order valence-electron chi connectivity index (χ0n) is 13.5. The molecule has 1 aromatic heterocycles. The number of pyridine rings is 1. The Labute approximate surface area is 139 Å². The lowest BCUT2D eigenvalue weighted by Crippen LogP contribution is -2.62. The second kappa shape index (κ2) is 5.44. The number of esters is 2. The molecule has 0 amide bonds. The summed E-state index contributed by atoms with van der Waals surface area (Å²) in [5.74, 6) is -2.14. The lowest BCUT2D eigenvalue weighted by Gasteiger charge is -2.42. The van der Waals surface area contributed by atoms with E-state index in [1.807, 2.05) is 48.7 Å². The summed E-state index contributed by atoms with van der Waals surface area (Å²) in [4.78, 5) is 25.1. The van der Waals surface area contributed by atoms with Crippen molar-refractivity contribution in [1.29, 1.82) is 0 Å². The number of nitrogens with zero attached hydrogens (tertiary/aromatic N) is 1. The average molecular weight is 324 g/mol. The molecule has 0 N–H and O–H groups in total. The van der Waals surface area contributed by atoms with Crippen LogP contribution >= 0.6 is 0 Å². The molecule has 0 saturated carbocycles. The molecule has 5 rings (SSSR count). The van der Waals surface area contributed by atoms with E-state index in [-0.39, 0.29) is 23.9 Å². The molecule has 0 unspecified atom stereocenters. The predicted molar refractivity (Wildman–Crippen MR) is 84.1 cm³/mol. The van der Waals surface area contributed by atoms with Crippen molar-refractivity contribution in [3.8, 4) is 0 Å². The van der Waals surface area contributed by atoms with Crippen molar-refractivity contribution in [3.05, 3.63) is 65.5 Å². The van der Waals surface area contributed by atoms with Crippen LogP contribution in [-0.2, 0) is 19.1 Å². The van der Waals surface area contributed by atoms with E-state index < -0.39 is 11.8 Å². The molecule has 1 aromatic carbocycles. The van der Waals surface area contributed by atoms with Gasteiger partial charge < -0.3 is 9.47 Å². The maximum absolute atomic E-state index is 12.6. The molecule has 0 saturated heterocycles. The van der Waals surface area contributed by atoms with Crippen LogP contribution < -0.4 is 4.57 Å². The first kappa shape index (κ1) is 14.9. The van der Waals surface area contributed by atoms with Gasteiger partial charge in [-0.05, 0) is 5.56 Å². The van der Waals surface area contributed by atoms with E-state index >= 15 is 0 Å². The number of methoxy groups -OCH3 is 2. The van der Waals surface area contributed by atoms with Gasteiger partial charge in [-0.2, -0.15) is 4.57 Å². The Bertz CT molecular complexity index is 716. The minimum Gasteiger partial charge on any atom is -0.469 e. The molecular weight excluding hydrogens is 306 g/mol. The monoisotopic (exact) mass is 324 g/mol. The van der Waals surface area contributed by atoms with E-state index in [4.69, 9.17) is 9.47 Å². The summed E-state index contributed by atoms with van der Waals surface area (Å²) in [5.41, 5.74) is 3.18. The summed E-state index contributed by atoms with van der Waals surface area (Å²) < 4.78 is 12.2. The fourth-order valence-corrected chi connectivity index (χ4v) is 4.34. The van der Waals surface area contributed by atoms with Gasteiger partial charge in [0.1, 0.15) is 5.92 Å². The molecule has 2 bridgehead atoms. The molecule has 3 heterocycles. The molecule has 0 spiro atoms. The van der Waals surface area contributed by atoms with E-state index in [2.05, 4.69) is 4.57 Å². The van der Waals surface area contributed by atoms with Gasteiger partial charge in [-0.1, -0.05) is 30.3 Å². The number of hydrogen-bond acceptors (Lipinski definition) is 4. The van der Waals surface area contributed by atoms with Crippen molar-refractivity contribution in [2.75, 3.05) is 14.2 Å². The average Bonchev–Trinajstić information content (AvgIpc) is 2.66. The lowest BCUT2D eigenvalue weighted by atomic mass is 9.62. The fourth-order valence-electron chi connectivity index (χ4n) is 4.34. The highest BCUT2D eigenvalue weighted by atomic mass is 16.5. The molecular formula is C19H18NO4+. The fraction of sp³-hybridized carbons (Fsp3) is 0.316. The van der Waals surface area contributed by atoms with Crippen molar-refractivity contribution in [1.82, 2.24) is 0 Å². The number of hydrogen-bond donors (Lipinski definition) is 0. The summed E-state index contributed by atoms with van der Waals surface area (Å²) in [6, 6.07) is 13.6. The van der Waals surface area contributed by atoms with E-state index in [0.717, 1.165) is 16.8 Å². The van der Waals surface area contributed by atoms with Gasteiger partial charge in [0.25, 0.3) is 0 Å². The highest BCUT2D eigenvalue weighted by molar-refractivity contribution is 5.85. The number of fused-ring (bicyclic) bond motifs is 1. The Balaban J connectivity index is 2.02. The molecule has 122 valence electrons. The Kier molecular flexibility index (Phi) is 3.37. The van der Waals surface area contributed by atoms with Crippen LogP contribution in [0.2, 0.25) is 0 Å². The maximum Gasteiger partial charge on any atom is 0.316 e. The van der Waals surface area contributed by atoms with E-state index in [1.54, 1.807) is 0 Å². The van der Waals surface area contributed by atoms with Crippen LogP contribution in [0.3, 0.4) is 0 Å². The van der Waals surface area contributed by atoms with Gasteiger partial charge in [0.2, 0.25) is 0 Å². The second-order valence-electron chi connectivity index (χ2n) is 6.18. The minimum atomic E-state index is -0.595. The van der Waals surface area contributed by atoms with Crippen LogP contribution in [0.4, 0.5) is 0 Å². The number of rotatable bonds is 2. The molecule has 0 fully saturated rings. The van der Waals surface area contributed by atoms with E-state index in [0.29, 0.717) is 0 Å². The zero-order chi connectivity index (χ0) is 16.8. The van der Waals surface area contributed by atoms with Crippen molar-refractivity contribution in [3.63, 3.8) is 0 Å². The second-order valence-corrected chi connectivity index (χ2v) is 6.18. The van der Waals surface area contributed by atoms with Crippen molar-refractivity contribution in [2.24, 2.45) is 11.8 Å². The first-order chi connectivity index (χ1) is 11.7. The van der Waals surface area contributed by atoms with E-state index in [1.165, 1.54) is 14.2 Å². The smallest absolute Gasteiger partial charge is 0.316 e. The van der Waals surface area contributed by atoms with Gasteiger partial charge in [-0.25, -0.2) is 0 Å². The van der Waals surface area contributed by atoms with Crippen LogP contribution in [-0.4, -0.2) is 26.2 Å². The van der Waals surface area contributed by atoms with Gasteiger partial charge in [0.05, 0.1) is 26.1 Å². The summed E-state index contributed by atoms with van der Waals surface area (Å²) >= 11 is 0. The molecule has 24 heavy (non-hydrogen) atoms. The predicted octanol–water partition coefficient (Wildman–Crippen LogP) is 1.60. The number of carbonyl (C=O) groups excluding carboxylic acids is 2. The number of ether oxygens (including phenoxy) is 2. The lowest BCUT2D eigenvalue weighted by molar-refractivity contribution is -0.737. The maximum atomic E-state index is 12.6. The first-order valence-electron chi connectivity index (χ1n) is 7.93. The topological polar surface area (TPSA) is 56.5 Å². The normalized spacial score (nSPS) is 26.2. The minimum absolute atomic E-state index is 0.219. The van der Waals surface area contributed by atoms with Crippen LogP contribution in [0.5, 0.6) is 0 Å². The van der Waals surface area contributed by atoms with Crippen LogP contribution in [0.25, 0.3) is 0 Å². The number of aromatic nitrogens is 1. The number of benzene rings is 1. The highest BCUT2D eigenvalue weighted by Crippen LogP contribution is 2.52. The Morgan fingerprint density at radius 1 is 0.875 bits per heavy atom. The summed E-state index contributed by atoms with van der Waals surface area (Å²) in [5, 5.41) is 0. The molecule has 5 nitrogen and oxygen atoms in total. The highest BCUT2D eigenvalue weighted by Gasteiger charge is 2.61. The number of carbonyl (C=O) groups is 2. The first-order valence-corrected chi connectivity index (χ1v) is 7.93. The van der Waals surface area contributed by atoms with Gasteiger partial charge in [0, 0.05) is 17.7 Å². The standard InChI is InChI=1S/C19H18NO4/c1-23-18(21)15-14-11-7-3-4-8-12(11)17(16(15)19(22)24-2)20-10-6-5-9-13(14)20/h3-10,14-17H,1-2H3/q+1/t14-,15-,16-,17+/m1/s1. The third kappa shape index (κ3) is 1.84. The molecule has 4 atom stereocenters. The van der Waals surface area contributed by atoms with Gasteiger partial charge >= 0.3 is 11.9 Å². The Hall–Kier alpha value is -2.69. The third-order valence-electron chi connectivity index (χ3n) is 5.22. The SMILES string of the molecule is COC(=O)[C@@H]1[C@@H]2c3ccccc3[C@@H]([C@@H]1C(=O)OC)[n+]1ccccc12. The summed E-state index contributed by atoms with van der Waals surface area (Å²) in [6.07, 6.45) is 1.96. The van der Waals surface area contributed by atoms with Crippen molar-refractivity contribution in [2.45, 2.75) is 12.0 Å². The molecule has 2 aliphatic heterocycles. The summed E-state index contributed by atoms with van der Waals surface area (Å²) in [7, 11) is 2.73. The molecule has 3 aliphatic rings. The molecule has 5 heteroatoms. The van der Waals surface area contributed by atoms with E-state index in [9.17, 15) is 9.59 Å². The van der Waals surface area contributed by atoms with Gasteiger partial charge in [-0.15, -0.1) is 0 Å². The van der Waals surface area contributed by atoms with Gasteiger partial charge in [-0.3, -0.25) is 9.59 Å². The largest absolute Gasteiger partial charge is 0.469 e. The van der Waals surface area contributed by atoms with Crippen molar-refractivity contribution >= 4 is 11.9 Å². The Morgan fingerprint density at radius 3 is 2.21 bits per heavy atom. The van der Waals surface area contributed by atoms with Gasteiger partial charge in [0.15, 0.2) is 17.9 Å². The molecule has 1 aliphatic carbocycles. The van der Waals surface area contributed by atoms with Crippen LogP contribution in [0.1, 0.15) is 28.8 Å². The molecule has 2 aromatic rings. The van der Waals surface area contributed by atoms with Crippen LogP contribution in [0.15, 0.2) is 48.7 Å². The van der Waals surface area contributed by atoms with Crippen molar-refractivity contribution < 1.29 is 23.6 Å². The third-order valence-corrected chi connectivity index (χ3v) is 5.22. The van der Waals surface area contributed by atoms with Crippen LogP contribution in [0, 0.1) is 11.8 Å². The molecule has 0 radical (unpaired) electrons. The Morgan fingerprint density at radius 2 is 1.50 bits per heavy atom. The zero-order valence-corrected chi connectivity index (χ0v) is 13.5. The summed E-state index contributed by atoms with van der Waals surface area (Å²) in [6.45, 7) is 0.